The Morgan fingerprint density at radius 1 is 1.25 bits per heavy atom. The van der Waals surface area contributed by atoms with E-state index in [1.54, 1.807) is 0 Å². The summed E-state index contributed by atoms with van der Waals surface area (Å²) in [5.74, 6) is -1.57. The molecule has 5 heteroatoms. The van der Waals surface area contributed by atoms with Crippen LogP contribution in [0.15, 0.2) is 18.2 Å². The van der Waals surface area contributed by atoms with Crippen LogP contribution in [0.5, 0.6) is 0 Å². The smallest absolute Gasteiger partial charge is 0.417 e. The molecule has 2 nitrogen and oxygen atoms in total. The van der Waals surface area contributed by atoms with Crippen LogP contribution >= 0.6 is 0 Å². The molecule has 0 radical (unpaired) electrons. The minimum atomic E-state index is -4.63. The van der Waals surface area contributed by atoms with E-state index in [2.05, 4.69) is 0 Å². The van der Waals surface area contributed by atoms with Gasteiger partial charge in [-0.15, -0.1) is 0 Å². The molecule has 0 bridgehead atoms. The summed E-state index contributed by atoms with van der Waals surface area (Å²) in [6.07, 6.45) is -4.63. The molecule has 0 amide bonds. The molecule has 0 saturated carbocycles. The number of rotatable bonds is 1. The van der Waals surface area contributed by atoms with Crippen molar-refractivity contribution in [2.24, 2.45) is 0 Å². The van der Waals surface area contributed by atoms with E-state index in [0.29, 0.717) is 5.56 Å². The Morgan fingerprint density at radius 3 is 2.12 bits per heavy atom. The first kappa shape index (κ1) is 14.5. The lowest BCUT2D eigenvalue weighted by Crippen LogP contribution is -2.12. The Morgan fingerprint density at radius 2 is 1.75 bits per heavy atom. The summed E-state index contributed by atoms with van der Waals surface area (Å²) in [6.45, 7) is 5.47. The molecular formula is C11H13F3O2. The van der Waals surface area contributed by atoms with Crippen molar-refractivity contribution < 1.29 is 23.1 Å². The Bertz CT molecular complexity index is 370. The summed E-state index contributed by atoms with van der Waals surface area (Å²) in [7, 11) is 0. The molecule has 0 heterocycles. The summed E-state index contributed by atoms with van der Waals surface area (Å²) < 4.78 is 37.0. The van der Waals surface area contributed by atoms with Crippen LogP contribution in [0.4, 0.5) is 13.2 Å². The maximum absolute atomic E-state index is 12.3. The number of hydrogen-bond acceptors (Lipinski definition) is 1. The number of halogens is 3. The van der Waals surface area contributed by atoms with Gasteiger partial charge in [-0.1, -0.05) is 25.5 Å². The predicted molar refractivity (Wildman–Crippen MR) is 54.5 cm³/mol. The molecule has 1 N–H and O–H groups in total. The monoisotopic (exact) mass is 234 g/mol. The lowest BCUT2D eigenvalue weighted by Gasteiger charge is -2.10. The summed E-state index contributed by atoms with van der Waals surface area (Å²) in [5.41, 5.74) is -1.45. The number of aryl methyl sites for hydroxylation is 1. The second-order valence-corrected chi connectivity index (χ2v) is 2.85. The van der Waals surface area contributed by atoms with Crippen molar-refractivity contribution in [3.05, 3.63) is 34.9 Å². The Balaban J connectivity index is 0.00000106. The van der Waals surface area contributed by atoms with Crippen LogP contribution in [0.3, 0.4) is 0 Å². The number of carboxylic acids is 1. The Labute approximate surface area is 91.7 Å². The van der Waals surface area contributed by atoms with Crippen molar-refractivity contribution in [2.75, 3.05) is 0 Å². The first-order valence-corrected chi connectivity index (χ1v) is 4.73. The molecule has 1 rings (SSSR count). The van der Waals surface area contributed by atoms with E-state index in [9.17, 15) is 18.0 Å². The largest absolute Gasteiger partial charge is 0.478 e. The lowest BCUT2D eigenvalue weighted by molar-refractivity contribution is -0.138. The third kappa shape index (κ3) is 3.56. The fraction of sp³-hybridized carbons (Fsp3) is 0.364. The van der Waals surface area contributed by atoms with Crippen LogP contribution in [-0.4, -0.2) is 11.1 Å². The number of hydrogen-bond donors (Lipinski definition) is 1. The predicted octanol–water partition coefficient (Wildman–Crippen LogP) is 3.74. The van der Waals surface area contributed by atoms with E-state index in [1.807, 2.05) is 13.8 Å². The molecule has 1 aromatic rings. The molecule has 0 atom stereocenters. The van der Waals surface area contributed by atoms with Gasteiger partial charge in [0, 0.05) is 0 Å². The van der Waals surface area contributed by atoms with Gasteiger partial charge in [0.1, 0.15) is 0 Å². The van der Waals surface area contributed by atoms with Crippen molar-refractivity contribution in [1.29, 1.82) is 0 Å². The SMILES string of the molecule is CC.Cc1ccc(C(=O)O)c(C(F)(F)F)c1. The van der Waals surface area contributed by atoms with Crippen LogP contribution in [0, 0.1) is 6.92 Å². The van der Waals surface area contributed by atoms with Crippen molar-refractivity contribution in [1.82, 2.24) is 0 Å². The number of alkyl halides is 3. The zero-order valence-electron chi connectivity index (χ0n) is 9.22. The highest BCUT2D eigenvalue weighted by molar-refractivity contribution is 5.89. The van der Waals surface area contributed by atoms with Gasteiger partial charge in [0.2, 0.25) is 0 Å². The fourth-order valence-electron chi connectivity index (χ4n) is 1.08. The maximum Gasteiger partial charge on any atom is 0.417 e. The van der Waals surface area contributed by atoms with Crippen LogP contribution in [-0.2, 0) is 6.18 Å². The molecule has 1 aromatic carbocycles. The second kappa shape index (κ2) is 5.53. The average molecular weight is 234 g/mol. The molecule has 0 spiro atoms. The van der Waals surface area contributed by atoms with Gasteiger partial charge in [-0.2, -0.15) is 13.2 Å². The minimum Gasteiger partial charge on any atom is -0.478 e. The van der Waals surface area contributed by atoms with Gasteiger partial charge < -0.3 is 5.11 Å². The second-order valence-electron chi connectivity index (χ2n) is 2.85. The number of carbonyl (C=O) groups is 1. The van der Waals surface area contributed by atoms with E-state index in [1.165, 1.54) is 13.0 Å². The van der Waals surface area contributed by atoms with Crippen LogP contribution in [0.25, 0.3) is 0 Å². The first-order chi connectivity index (χ1) is 7.32. The van der Waals surface area contributed by atoms with Crippen molar-refractivity contribution >= 4 is 5.97 Å². The quantitative estimate of drug-likeness (QED) is 0.803. The van der Waals surface area contributed by atoms with Gasteiger partial charge in [-0.3, -0.25) is 0 Å². The molecule has 0 unspecified atom stereocenters. The van der Waals surface area contributed by atoms with Crippen LogP contribution in [0.1, 0.15) is 35.3 Å². The van der Waals surface area contributed by atoms with E-state index >= 15 is 0 Å². The highest BCUT2D eigenvalue weighted by Crippen LogP contribution is 2.32. The van der Waals surface area contributed by atoms with E-state index < -0.39 is 23.3 Å². The molecule has 0 saturated heterocycles. The Hall–Kier alpha value is -1.52. The fourth-order valence-corrected chi connectivity index (χ4v) is 1.08. The third-order valence-corrected chi connectivity index (χ3v) is 1.71. The zero-order chi connectivity index (χ0) is 12.9. The number of benzene rings is 1. The molecule has 0 fully saturated rings. The normalized spacial score (nSPS) is 10.4. The summed E-state index contributed by atoms with van der Waals surface area (Å²) in [6, 6.07) is 3.11. The van der Waals surface area contributed by atoms with Crippen molar-refractivity contribution in [3.8, 4) is 0 Å². The summed E-state index contributed by atoms with van der Waals surface area (Å²) in [5, 5.41) is 8.52. The van der Waals surface area contributed by atoms with Gasteiger partial charge in [-0.05, 0) is 19.1 Å². The lowest BCUT2D eigenvalue weighted by atomic mass is 10.0. The summed E-state index contributed by atoms with van der Waals surface area (Å²) >= 11 is 0. The standard InChI is InChI=1S/C9H7F3O2.C2H6/c1-5-2-3-6(8(13)14)7(4-5)9(10,11)12;1-2/h2-4H,1H3,(H,13,14);1-2H3. The number of aromatic carboxylic acids is 1. The topological polar surface area (TPSA) is 37.3 Å². The third-order valence-electron chi connectivity index (χ3n) is 1.71. The molecule has 0 aliphatic rings. The highest BCUT2D eigenvalue weighted by atomic mass is 19.4. The molecule has 0 aliphatic carbocycles. The van der Waals surface area contributed by atoms with E-state index in [0.717, 1.165) is 12.1 Å². The molecular weight excluding hydrogens is 221 g/mol. The van der Waals surface area contributed by atoms with Crippen LogP contribution in [0.2, 0.25) is 0 Å². The van der Waals surface area contributed by atoms with Gasteiger partial charge in [0.15, 0.2) is 0 Å². The van der Waals surface area contributed by atoms with Crippen molar-refractivity contribution in [2.45, 2.75) is 26.9 Å². The van der Waals surface area contributed by atoms with Crippen LogP contribution < -0.4 is 0 Å². The first-order valence-electron chi connectivity index (χ1n) is 4.73. The Kier molecular flexibility index (Phi) is 5.01. The molecule has 0 aromatic heterocycles. The average Bonchev–Trinajstić information content (AvgIpc) is 2.19. The molecule has 90 valence electrons. The maximum atomic E-state index is 12.3. The summed E-state index contributed by atoms with van der Waals surface area (Å²) in [4.78, 5) is 10.5. The van der Waals surface area contributed by atoms with E-state index in [-0.39, 0.29) is 0 Å². The number of carboxylic acid groups (broad SMARTS) is 1. The van der Waals surface area contributed by atoms with Gasteiger partial charge in [0.25, 0.3) is 0 Å². The highest BCUT2D eigenvalue weighted by Gasteiger charge is 2.35. The zero-order valence-corrected chi connectivity index (χ0v) is 9.22. The van der Waals surface area contributed by atoms with Gasteiger partial charge in [0.05, 0.1) is 11.1 Å². The molecule has 0 aliphatic heterocycles. The molecule has 16 heavy (non-hydrogen) atoms. The van der Waals surface area contributed by atoms with E-state index in [4.69, 9.17) is 5.11 Å². The van der Waals surface area contributed by atoms with Gasteiger partial charge >= 0.3 is 12.1 Å². The van der Waals surface area contributed by atoms with Crippen molar-refractivity contribution in [3.63, 3.8) is 0 Å². The van der Waals surface area contributed by atoms with Gasteiger partial charge in [-0.25, -0.2) is 4.79 Å². The minimum absolute atomic E-state index is 0.377.